The first-order valence-corrected chi connectivity index (χ1v) is 12.0. The number of urea groups is 1. The molecule has 0 aromatic heterocycles. The molecule has 3 N–H and O–H groups in total. The Morgan fingerprint density at radius 3 is 2.44 bits per heavy atom. The molecule has 0 saturated carbocycles. The summed E-state index contributed by atoms with van der Waals surface area (Å²) in [5.41, 5.74) is 8.60. The summed E-state index contributed by atoms with van der Waals surface area (Å²) < 4.78 is 0. The Hall–Kier alpha value is -1.99. The van der Waals surface area contributed by atoms with Gasteiger partial charge in [-0.3, -0.25) is 9.80 Å². The van der Waals surface area contributed by atoms with Gasteiger partial charge in [0, 0.05) is 57.2 Å². The van der Waals surface area contributed by atoms with Gasteiger partial charge in [0.25, 0.3) is 0 Å². The lowest BCUT2D eigenvalue weighted by Gasteiger charge is -2.39. The molecule has 2 aromatic carbocycles. The van der Waals surface area contributed by atoms with Gasteiger partial charge in [-0.25, -0.2) is 4.79 Å². The first-order chi connectivity index (χ1) is 15.5. The fourth-order valence-corrected chi connectivity index (χ4v) is 4.90. The third-order valence-corrected chi connectivity index (χ3v) is 7.07. The molecule has 32 heavy (non-hydrogen) atoms. The fraction of sp³-hybridized carbons (Fsp3) is 0.458. The van der Waals surface area contributed by atoms with E-state index in [9.17, 15) is 4.79 Å². The lowest BCUT2D eigenvalue weighted by atomic mass is 9.96. The average Bonchev–Trinajstić information content (AvgIpc) is 2.79. The molecule has 0 bridgehead atoms. The van der Waals surface area contributed by atoms with Gasteiger partial charge in [-0.05, 0) is 61.2 Å². The topological polar surface area (TPSA) is 64.8 Å². The molecular weight excluding hydrogens is 445 g/mol. The smallest absolute Gasteiger partial charge is 0.321 e. The second-order valence-electron chi connectivity index (χ2n) is 8.83. The molecule has 2 aliphatic heterocycles. The maximum Gasteiger partial charge on any atom is 0.321 e. The van der Waals surface area contributed by atoms with Crippen LogP contribution in [0.3, 0.4) is 0 Å². The van der Waals surface area contributed by atoms with Crippen molar-refractivity contribution >= 4 is 40.6 Å². The molecule has 6 nitrogen and oxygen atoms in total. The SMILES string of the molecule is Nc1ccc(CN2CCC[C@@H](CN3CCN(C(=O)Nc4ccc(Cl)c(Cl)c4)CC3)C2)cc1. The summed E-state index contributed by atoms with van der Waals surface area (Å²) in [4.78, 5) is 19.5. The number of benzene rings is 2. The lowest BCUT2D eigenvalue weighted by Crippen LogP contribution is -2.52. The maximum atomic E-state index is 12.6. The van der Waals surface area contributed by atoms with E-state index in [2.05, 4.69) is 27.2 Å². The normalized spacial score (nSPS) is 20.3. The van der Waals surface area contributed by atoms with E-state index in [0.29, 0.717) is 21.7 Å². The number of anilines is 2. The van der Waals surface area contributed by atoms with Gasteiger partial charge in [0.1, 0.15) is 0 Å². The van der Waals surface area contributed by atoms with Crippen molar-refractivity contribution in [2.75, 3.05) is 56.9 Å². The number of likely N-dealkylation sites (tertiary alicyclic amines) is 1. The molecule has 1 atom stereocenters. The van der Waals surface area contributed by atoms with E-state index in [-0.39, 0.29) is 6.03 Å². The molecule has 8 heteroatoms. The van der Waals surface area contributed by atoms with Gasteiger partial charge in [0.2, 0.25) is 0 Å². The van der Waals surface area contributed by atoms with Crippen LogP contribution in [0.25, 0.3) is 0 Å². The number of rotatable bonds is 5. The van der Waals surface area contributed by atoms with Gasteiger partial charge in [0.15, 0.2) is 0 Å². The number of halogens is 2. The van der Waals surface area contributed by atoms with Gasteiger partial charge in [-0.2, -0.15) is 0 Å². The second kappa shape index (κ2) is 10.8. The Balaban J connectivity index is 1.21. The highest BCUT2D eigenvalue weighted by atomic mass is 35.5. The predicted molar refractivity (Wildman–Crippen MR) is 132 cm³/mol. The van der Waals surface area contributed by atoms with Crippen molar-refractivity contribution in [2.24, 2.45) is 5.92 Å². The van der Waals surface area contributed by atoms with Crippen molar-refractivity contribution in [1.29, 1.82) is 0 Å². The molecule has 2 amide bonds. The van der Waals surface area contributed by atoms with E-state index in [0.717, 1.165) is 58.0 Å². The van der Waals surface area contributed by atoms with Crippen LogP contribution in [0.4, 0.5) is 16.2 Å². The largest absolute Gasteiger partial charge is 0.399 e. The van der Waals surface area contributed by atoms with Crippen LogP contribution in [0.2, 0.25) is 10.0 Å². The number of hydrogen-bond donors (Lipinski definition) is 2. The maximum absolute atomic E-state index is 12.6. The van der Waals surface area contributed by atoms with Crippen LogP contribution in [-0.2, 0) is 6.54 Å². The highest BCUT2D eigenvalue weighted by Crippen LogP contribution is 2.25. The summed E-state index contributed by atoms with van der Waals surface area (Å²) in [5.74, 6) is 0.675. The molecule has 172 valence electrons. The Morgan fingerprint density at radius 1 is 0.969 bits per heavy atom. The number of piperazine rings is 1. The summed E-state index contributed by atoms with van der Waals surface area (Å²) in [5, 5.41) is 3.84. The van der Waals surface area contributed by atoms with E-state index in [1.807, 2.05) is 17.0 Å². The van der Waals surface area contributed by atoms with Crippen LogP contribution in [0.5, 0.6) is 0 Å². The second-order valence-corrected chi connectivity index (χ2v) is 9.65. The molecule has 2 fully saturated rings. The zero-order valence-corrected chi connectivity index (χ0v) is 19.8. The Bertz CT molecular complexity index is 915. The molecule has 2 saturated heterocycles. The Kier molecular flexibility index (Phi) is 7.79. The molecule has 0 unspecified atom stereocenters. The summed E-state index contributed by atoms with van der Waals surface area (Å²) in [6.45, 7) is 7.64. The molecular formula is C24H31Cl2N5O. The van der Waals surface area contributed by atoms with Crippen molar-refractivity contribution < 1.29 is 4.79 Å². The number of carbonyl (C=O) groups excluding carboxylic acids is 1. The predicted octanol–water partition coefficient (Wildman–Crippen LogP) is 4.64. The van der Waals surface area contributed by atoms with Crippen LogP contribution in [-0.4, -0.2) is 66.5 Å². The van der Waals surface area contributed by atoms with Gasteiger partial charge in [-0.1, -0.05) is 35.3 Å². The fourth-order valence-electron chi connectivity index (χ4n) is 4.60. The minimum absolute atomic E-state index is 0.0876. The summed E-state index contributed by atoms with van der Waals surface area (Å²) in [7, 11) is 0. The average molecular weight is 476 g/mol. The van der Waals surface area contributed by atoms with Crippen molar-refractivity contribution in [2.45, 2.75) is 19.4 Å². The third kappa shape index (κ3) is 6.29. The summed E-state index contributed by atoms with van der Waals surface area (Å²) >= 11 is 12.0. The van der Waals surface area contributed by atoms with E-state index in [4.69, 9.17) is 28.9 Å². The number of piperidine rings is 1. The van der Waals surface area contributed by atoms with E-state index in [1.54, 1.807) is 18.2 Å². The third-order valence-electron chi connectivity index (χ3n) is 6.34. The summed E-state index contributed by atoms with van der Waals surface area (Å²) in [6.07, 6.45) is 2.52. The molecule has 2 heterocycles. The number of hydrogen-bond acceptors (Lipinski definition) is 4. The lowest BCUT2D eigenvalue weighted by molar-refractivity contribution is 0.0984. The van der Waals surface area contributed by atoms with E-state index >= 15 is 0 Å². The van der Waals surface area contributed by atoms with Crippen molar-refractivity contribution in [3.63, 3.8) is 0 Å². The van der Waals surface area contributed by atoms with Crippen LogP contribution in [0.15, 0.2) is 42.5 Å². The minimum atomic E-state index is -0.0876. The Morgan fingerprint density at radius 2 is 1.72 bits per heavy atom. The highest BCUT2D eigenvalue weighted by molar-refractivity contribution is 6.42. The quantitative estimate of drug-likeness (QED) is 0.618. The number of nitrogens with zero attached hydrogens (tertiary/aromatic N) is 3. The van der Waals surface area contributed by atoms with Crippen molar-refractivity contribution in [1.82, 2.24) is 14.7 Å². The van der Waals surface area contributed by atoms with Gasteiger partial charge >= 0.3 is 6.03 Å². The van der Waals surface area contributed by atoms with Crippen LogP contribution in [0, 0.1) is 5.92 Å². The van der Waals surface area contributed by atoms with Crippen molar-refractivity contribution in [3.8, 4) is 0 Å². The van der Waals surface area contributed by atoms with Crippen LogP contribution in [0.1, 0.15) is 18.4 Å². The molecule has 2 aromatic rings. The molecule has 0 radical (unpaired) electrons. The first kappa shape index (κ1) is 23.2. The number of carbonyl (C=O) groups is 1. The molecule has 0 spiro atoms. The van der Waals surface area contributed by atoms with Gasteiger partial charge in [-0.15, -0.1) is 0 Å². The standard InChI is InChI=1S/C24H31Cl2N5O/c25-22-8-7-21(14-23(22)26)28-24(32)31-12-10-29(11-13-31)16-19-2-1-9-30(17-19)15-18-3-5-20(27)6-4-18/h3-8,14,19H,1-2,9-13,15-17,27H2,(H,28,32)/t19-/m0/s1. The minimum Gasteiger partial charge on any atom is -0.399 e. The van der Waals surface area contributed by atoms with Gasteiger partial charge < -0.3 is 16.0 Å². The molecule has 2 aliphatic rings. The number of nitrogens with two attached hydrogens (primary N) is 1. The number of nitrogen functional groups attached to an aromatic ring is 1. The zero-order chi connectivity index (χ0) is 22.5. The van der Waals surface area contributed by atoms with Gasteiger partial charge in [0.05, 0.1) is 10.0 Å². The Labute approximate surface area is 200 Å². The monoisotopic (exact) mass is 475 g/mol. The highest BCUT2D eigenvalue weighted by Gasteiger charge is 2.26. The zero-order valence-electron chi connectivity index (χ0n) is 18.3. The van der Waals surface area contributed by atoms with E-state index < -0.39 is 0 Å². The van der Waals surface area contributed by atoms with Crippen molar-refractivity contribution in [3.05, 3.63) is 58.1 Å². The van der Waals surface area contributed by atoms with Crippen LogP contribution >= 0.6 is 23.2 Å². The molecule has 4 rings (SSSR count). The first-order valence-electron chi connectivity index (χ1n) is 11.3. The number of nitrogens with one attached hydrogen (secondary N) is 1. The van der Waals surface area contributed by atoms with E-state index in [1.165, 1.54) is 18.4 Å². The summed E-state index contributed by atoms with van der Waals surface area (Å²) in [6, 6.07) is 13.3. The molecule has 0 aliphatic carbocycles. The van der Waals surface area contributed by atoms with Crippen LogP contribution < -0.4 is 11.1 Å². The number of amides is 2.